The quantitative estimate of drug-likeness (QED) is 0.850. The minimum Gasteiger partial charge on any atom is -0.492 e. The van der Waals surface area contributed by atoms with Gasteiger partial charge in [0.15, 0.2) is 0 Å². The summed E-state index contributed by atoms with van der Waals surface area (Å²) in [4.78, 5) is 26.7. The summed E-state index contributed by atoms with van der Waals surface area (Å²) in [6.45, 7) is 9.08. The molecule has 0 unspecified atom stereocenters. The fourth-order valence-electron chi connectivity index (χ4n) is 4.67. The molecule has 3 amide bonds. The highest BCUT2D eigenvalue weighted by Crippen LogP contribution is 2.46. The molecule has 0 aromatic heterocycles. The van der Waals surface area contributed by atoms with Gasteiger partial charge in [-0.1, -0.05) is 32.9 Å². The predicted molar refractivity (Wildman–Crippen MR) is 96.4 cm³/mol. The largest absolute Gasteiger partial charge is 0.492 e. The summed E-state index contributed by atoms with van der Waals surface area (Å²) < 4.78 is 5.71. The van der Waals surface area contributed by atoms with Crippen molar-refractivity contribution in [1.82, 2.24) is 10.2 Å². The molecule has 1 heterocycles. The number of rotatable bonds is 4. The minimum absolute atomic E-state index is 0.0503. The third kappa shape index (κ3) is 3.65. The van der Waals surface area contributed by atoms with E-state index in [0.29, 0.717) is 18.9 Å². The van der Waals surface area contributed by atoms with Crippen LogP contribution in [0.4, 0.5) is 4.79 Å². The summed E-state index contributed by atoms with van der Waals surface area (Å²) in [6.07, 6.45) is 2.49. The highest BCUT2D eigenvalue weighted by atomic mass is 16.5. The number of hydrogen-bond acceptors (Lipinski definition) is 3. The molecule has 1 aromatic carbocycles. The number of benzene rings is 1. The van der Waals surface area contributed by atoms with E-state index in [4.69, 9.17) is 4.74 Å². The van der Waals surface area contributed by atoms with Gasteiger partial charge in [-0.2, -0.15) is 0 Å². The van der Waals surface area contributed by atoms with E-state index in [1.54, 1.807) is 0 Å². The SMILES string of the molecule is Cc1cccc(OCCN2C(=O)N[C@@]3(C[C@@H](C)CC(C)(C)C3)C2=O)c1. The summed E-state index contributed by atoms with van der Waals surface area (Å²) in [5, 5.41) is 2.99. The number of nitrogens with zero attached hydrogens (tertiary/aromatic N) is 1. The number of carbonyl (C=O) groups excluding carboxylic acids is 2. The lowest BCUT2D eigenvalue weighted by Crippen LogP contribution is -2.54. The molecule has 0 radical (unpaired) electrons. The zero-order valence-corrected chi connectivity index (χ0v) is 15.6. The molecule has 5 nitrogen and oxygen atoms in total. The van der Waals surface area contributed by atoms with Crippen molar-refractivity contribution in [1.29, 1.82) is 0 Å². The summed E-state index contributed by atoms with van der Waals surface area (Å²) in [5.74, 6) is 1.08. The second-order valence-electron chi connectivity index (χ2n) is 8.49. The highest BCUT2D eigenvalue weighted by molar-refractivity contribution is 6.07. The summed E-state index contributed by atoms with van der Waals surface area (Å²) in [5.41, 5.74) is 0.431. The van der Waals surface area contributed by atoms with Gasteiger partial charge in [-0.15, -0.1) is 0 Å². The van der Waals surface area contributed by atoms with Crippen LogP contribution in [0.1, 0.15) is 45.6 Å². The van der Waals surface area contributed by atoms with Gasteiger partial charge in [0, 0.05) is 0 Å². The smallest absolute Gasteiger partial charge is 0.325 e. The summed E-state index contributed by atoms with van der Waals surface area (Å²) >= 11 is 0. The van der Waals surface area contributed by atoms with Gasteiger partial charge in [0.25, 0.3) is 5.91 Å². The van der Waals surface area contributed by atoms with Crippen LogP contribution < -0.4 is 10.1 Å². The zero-order valence-electron chi connectivity index (χ0n) is 15.6. The maximum Gasteiger partial charge on any atom is 0.325 e. The lowest BCUT2D eigenvalue weighted by atomic mass is 9.64. The third-order valence-corrected chi connectivity index (χ3v) is 5.20. The number of carbonyl (C=O) groups is 2. The standard InChI is InChI=1S/C20H28N2O3/c1-14-6-5-7-16(10-14)25-9-8-22-17(23)20(21-18(22)24)12-15(2)11-19(3,4)13-20/h5-7,10,15H,8-9,11-13H2,1-4H3,(H,21,24)/t15-,20+/m0/s1. The van der Waals surface area contributed by atoms with Crippen molar-refractivity contribution in [3.8, 4) is 5.75 Å². The van der Waals surface area contributed by atoms with Gasteiger partial charge in [-0.05, 0) is 55.2 Å². The fraction of sp³-hybridized carbons (Fsp3) is 0.600. The normalized spacial score (nSPS) is 28.3. The molecule has 1 spiro atoms. The van der Waals surface area contributed by atoms with Gasteiger partial charge in [-0.3, -0.25) is 9.69 Å². The molecular weight excluding hydrogens is 316 g/mol. The van der Waals surface area contributed by atoms with Crippen LogP contribution in [0.3, 0.4) is 0 Å². The molecule has 1 N–H and O–H groups in total. The Hall–Kier alpha value is -2.04. The van der Waals surface area contributed by atoms with Crippen molar-refractivity contribution >= 4 is 11.9 Å². The van der Waals surface area contributed by atoms with Crippen LogP contribution in [0, 0.1) is 18.3 Å². The minimum atomic E-state index is -0.735. The van der Waals surface area contributed by atoms with E-state index < -0.39 is 5.54 Å². The first kappa shape index (κ1) is 17.8. The number of amides is 3. The number of urea groups is 1. The van der Waals surface area contributed by atoms with Crippen molar-refractivity contribution in [2.24, 2.45) is 11.3 Å². The van der Waals surface area contributed by atoms with Gasteiger partial charge in [-0.25, -0.2) is 4.79 Å². The molecule has 25 heavy (non-hydrogen) atoms. The molecule has 1 aliphatic carbocycles. The second-order valence-corrected chi connectivity index (χ2v) is 8.49. The Morgan fingerprint density at radius 1 is 1.28 bits per heavy atom. The average Bonchev–Trinajstić information content (AvgIpc) is 2.68. The lowest BCUT2D eigenvalue weighted by Gasteiger charge is -2.43. The van der Waals surface area contributed by atoms with Crippen molar-refractivity contribution in [2.45, 2.75) is 52.5 Å². The lowest BCUT2D eigenvalue weighted by molar-refractivity contribution is -0.135. The van der Waals surface area contributed by atoms with Crippen molar-refractivity contribution in [3.05, 3.63) is 29.8 Å². The van der Waals surface area contributed by atoms with E-state index in [9.17, 15) is 9.59 Å². The Bertz CT molecular complexity index is 685. The molecule has 3 rings (SSSR count). The number of ether oxygens (including phenoxy) is 1. The van der Waals surface area contributed by atoms with E-state index in [-0.39, 0.29) is 23.9 Å². The second kappa shape index (κ2) is 6.36. The van der Waals surface area contributed by atoms with Crippen LogP contribution in [0.2, 0.25) is 0 Å². The number of hydrogen-bond donors (Lipinski definition) is 1. The van der Waals surface area contributed by atoms with E-state index in [2.05, 4.69) is 26.1 Å². The van der Waals surface area contributed by atoms with Gasteiger partial charge >= 0.3 is 6.03 Å². The van der Waals surface area contributed by atoms with Crippen LogP contribution in [-0.2, 0) is 4.79 Å². The van der Waals surface area contributed by atoms with Gasteiger partial charge in [0.1, 0.15) is 17.9 Å². The van der Waals surface area contributed by atoms with Crippen LogP contribution >= 0.6 is 0 Å². The molecule has 1 aliphatic heterocycles. The van der Waals surface area contributed by atoms with Crippen molar-refractivity contribution < 1.29 is 14.3 Å². The Kier molecular flexibility index (Phi) is 4.52. The monoisotopic (exact) mass is 344 g/mol. The van der Waals surface area contributed by atoms with Crippen molar-refractivity contribution in [2.75, 3.05) is 13.2 Å². The molecule has 2 fully saturated rings. The van der Waals surface area contributed by atoms with Crippen molar-refractivity contribution in [3.63, 3.8) is 0 Å². The van der Waals surface area contributed by atoms with Crippen LogP contribution in [0.25, 0.3) is 0 Å². The summed E-state index contributed by atoms with van der Waals surface area (Å²) in [7, 11) is 0. The van der Waals surface area contributed by atoms with E-state index in [1.165, 1.54) is 4.90 Å². The van der Waals surface area contributed by atoms with E-state index in [0.717, 1.165) is 24.2 Å². The first-order valence-electron chi connectivity index (χ1n) is 9.04. The van der Waals surface area contributed by atoms with E-state index >= 15 is 0 Å². The Labute approximate surface area is 149 Å². The van der Waals surface area contributed by atoms with Crippen LogP contribution in [-0.4, -0.2) is 35.5 Å². The predicted octanol–water partition coefficient (Wildman–Crippen LogP) is 3.51. The zero-order chi connectivity index (χ0) is 18.2. The Balaban J connectivity index is 1.65. The van der Waals surface area contributed by atoms with E-state index in [1.807, 2.05) is 31.2 Å². The third-order valence-electron chi connectivity index (χ3n) is 5.20. The number of nitrogens with one attached hydrogen (secondary N) is 1. The fourth-order valence-corrected chi connectivity index (χ4v) is 4.67. The first-order chi connectivity index (χ1) is 11.7. The molecular formula is C20H28N2O3. The highest BCUT2D eigenvalue weighted by Gasteiger charge is 2.55. The van der Waals surface area contributed by atoms with Crippen LogP contribution in [0.5, 0.6) is 5.75 Å². The number of aryl methyl sites for hydroxylation is 1. The molecule has 2 atom stereocenters. The molecule has 5 heteroatoms. The van der Waals surface area contributed by atoms with Gasteiger partial charge in [0.05, 0.1) is 6.54 Å². The molecule has 1 saturated carbocycles. The molecule has 1 aromatic rings. The Morgan fingerprint density at radius 3 is 2.72 bits per heavy atom. The molecule has 136 valence electrons. The van der Waals surface area contributed by atoms with Gasteiger partial charge < -0.3 is 10.1 Å². The maximum atomic E-state index is 13.0. The van der Waals surface area contributed by atoms with Crippen LogP contribution in [0.15, 0.2) is 24.3 Å². The van der Waals surface area contributed by atoms with Gasteiger partial charge in [0.2, 0.25) is 0 Å². The average molecular weight is 344 g/mol. The molecule has 0 bridgehead atoms. The number of imide groups is 1. The maximum absolute atomic E-state index is 13.0. The topological polar surface area (TPSA) is 58.6 Å². The Morgan fingerprint density at radius 2 is 2.04 bits per heavy atom. The molecule has 1 saturated heterocycles. The summed E-state index contributed by atoms with van der Waals surface area (Å²) in [6, 6.07) is 7.46. The first-order valence-corrected chi connectivity index (χ1v) is 9.04. The molecule has 2 aliphatic rings.